The number of unbranched alkanes of at least 4 members (excludes halogenated alkanes) is 5. The minimum Gasteiger partial charge on any atom is -0.469 e. The van der Waals surface area contributed by atoms with Gasteiger partial charge in [0.05, 0.1) is 25.7 Å². The first-order chi connectivity index (χ1) is 24.4. The molecule has 1 amide bonds. The topological polar surface area (TPSA) is 307 Å². The number of amides is 1. The van der Waals surface area contributed by atoms with Crippen LogP contribution in [0.4, 0.5) is 0 Å². The average Bonchev–Trinajstić information content (AvgIpc) is 3.08. The molecular formula is C30H52ClNO19S. The summed E-state index contributed by atoms with van der Waals surface area (Å²) >= 11 is 6.31. The summed E-state index contributed by atoms with van der Waals surface area (Å²) in [6.07, 6.45) is -18.6. The Kier molecular flexibility index (Phi) is 17.3. The van der Waals surface area contributed by atoms with E-state index in [1.165, 1.54) is 14.0 Å². The van der Waals surface area contributed by atoms with Crippen molar-refractivity contribution in [2.45, 2.75) is 157 Å². The van der Waals surface area contributed by atoms with Crippen molar-refractivity contribution in [2.75, 3.05) is 19.6 Å². The highest BCUT2D eigenvalue weighted by atomic mass is 35.5. The predicted molar refractivity (Wildman–Crippen MR) is 173 cm³/mol. The molecule has 3 fully saturated rings. The summed E-state index contributed by atoms with van der Waals surface area (Å²) in [5.74, 6) is -3.69. The van der Waals surface area contributed by atoms with E-state index in [9.17, 15) is 58.3 Å². The molecule has 3 saturated heterocycles. The molecule has 304 valence electrons. The van der Waals surface area contributed by atoms with E-state index in [2.05, 4.69) is 14.2 Å². The number of hydrogen-bond donors (Lipinski definition) is 9. The van der Waals surface area contributed by atoms with Crippen LogP contribution in [-0.4, -0.2) is 172 Å². The van der Waals surface area contributed by atoms with Crippen LogP contribution in [0.2, 0.25) is 0 Å². The van der Waals surface area contributed by atoms with E-state index in [4.69, 9.17) is 35.3 Å². The van der Waals surface area contributed by atoms with Gasteiger partial charge in [-0.05, 0) is 19.8 Å². The number of alkyl halides is 1. The van der Waals surface area contributed by atoms with Crippen molar-refractivity contribution in [3.8, 4) is 0 Å². The first-order valence-corrected chi connectivity index (χ1v) is 18.9. The zero-order chi connectivity index (χ0) is 39.0. The molecule has 15 atom stereocenters. The molecule has 3 aliphatic rings. The van der Waals surface area contributed by atoms with Gasteiger partial charge >= 0.3 is 16.4 Å². The Labute approximate surface area is 306 Å². The van der Waals surface area contributed by atoms with Crippen molar-refractivity contribution in [3.05, 3.63) is 0 Å². The zero-order valence-electron chi connectivity index (χ0n) is 29.0. The number of aliphatic hydroxyl groups is 7. The van der Waals surface area contributed by atoms with E-state index < -0.39 is 120 Å². The summed E-state index contributed by atoms with van der Waals surface area (Å²) in [6, 6.07) is -1.56. The molecule has 52 heavy (non-hydrogen) atoms. The van der Waals surface area contributed by atoms with Crippen LogP contribution in [0.15, 0.2) is 0 Å². The molecule has 0 aromatic rings. The maximum absolute atomic E-state index is 12.6. The predicted octanol–water partition coefficient (Wildman–Crippen LogP) is -2.66. The van der Waals surface area contributed by atoms with E-state index >= 15 is 0 Å². The second-order valence-corrected chi connectivity index (χ2v) is 14.5. The highest BCUT2D eigenvalue weighted by molar-refractivity contribution is 7.80. The Morgan fingerprint density at radius 1 is 0.827 bits per heavy atom. The molecule has 9 N–H and O–H groups in total. The van der Waals surface area contributed by atoms with Gasteiger partial charge in [-0.25, -0.2) is 4.18 Å². The standard InChI is InChI=1S/C30H52ClNO19S/c1-14-19(36)21(38)22(39)28(46-14)49-26-24(48-29-23(40)25(51-52(42,43)44)20(37)17(13-33)47-29)16(12-31)50-30(41,27(26)32-15(2)34)11-9-7-5-4-6-8-10-18(35)45-3/h14,16-17,19-29,33,36-41H,4-13H2,1-3H3,(H,32,34)(H,42,43,44)/t14-,16+,17+,19+,20-,21+,22-,23+,24+,25-,26-,27+,28-,29-,30+/m0/s1. The minimum atomic E-state index is -5.28. The normalized spacial score (nSPS) is 39.9. The largest absolute Gasteiger partial charge is 0.469 e. The Morgan fingerprint density at radius 2 is 1.42 bits per heavy atom. The summed E-state index contributed by atoms with van der Waals surface area (Å²) in [7, 11) is -3.96. The maximum atomic E-state index is 12.6. The second-order valence-electron chi connectivity index (χ2n) is 13.1. The first-order valence-electron chi connectivity index (χ1n) is 17.0. The fourth-order valence-corrected chi connectivity index (χ4v) is 7.19. The van der Waals surface area contributed by atoms with Gasteiger partial charge < -0.3 is 69.5 Å². The molecule has 0 aliphatic carbocycles. The molecule has 0 spiro atoms. The third kappa shape index (κ3) is 11.8. The molecule has 0 aromatic heterocycles. The Bertz CT molecular complexity index is 1250. The Hall–Kier alpha value is -1.38. The molecule has 3 heterocycles. The van der Waals surface area contributed by atoms with Crippen molar-refractivity contribution < 1.29 is 90.9 Å². The van der Waals surface area contributed by atoms with Crippen LogP contribution in [0, 0.1) is 0 Å². The lowest BCUT2D eigenvalue weighted by molar-refractivity contribution is -0.385. The number of methoxy groups -OCH3 is 1. The van der Waals surface area contributed by atoms with Gasteiger partial charge in [-0.2, -0.15) is 8.42 Å². The average molecular weight is 798 g/mol. The smallest absolute Gasteiger partial charge is 0.397 e. The number of carbonyl (C=O) groups is 2. The van der Waals surface area contributed by atoms with Crippen LogP contribution in [0.1, 0.15) is 65.2 Å². The fraction of sp³-hybridized carbons (Fsp3) is 0.933. The van der Waals surface area contributed by atoms with Crippen molar-refractivity contribution in [3.63, 3.8) is 0 Å². The zero-order valence-corrected chi connectivity index (χ0v) is 30.6. The second kappa shape index (κ2) is 20.0. The number of carbonyl (C=O) groups excluding carboxylic acids is 2. The summed E-state index contributed by atoms with van der Waals surface area (Å²) in [5, 5.41) is 77.5. The Balaban J connectivity index is 1.94. The molecule has 0 aromatic carbocycles. The fourth-order valence-electron chi connectivity index (χ4n) is 6.44. The molecule has 0 bridgehead atoms. The number of nitrogens with one attached hydrogen (secondary N) is 1. The monoisotopic (exact) mass is 797 g/mol. The highest BCUT2D eigenvalue weighted by Crippen LogP contribution is 2.39. The molecule has 3 aliphatic heterocycles. The summed E-state index contributed by atoms with van der Waals surface area (Å²) in [5.41, 5.74) is 0. The molecular weight excluding hydrogens is 746 g/mol. The van der Waals surface area contributed by atoms with Gasteiger partial charge in [0.1, 0.15) is 67.1 Å². The lowest BCUT2D eigenvalue weighted by Gasteiger charge is -2.53. The third-order valence-corrected chi connectivity index (χ3v) is 9.98. The van der Waals surface area contributed by atoms with Crippen LogP contribution >= 0.6 is 11.6 Å². The summed E-state index contributed by atoms with van der Waals surface area (Å²) in [4.78, 5) is 23.9. The molecule has 0 radical (unpaired) electrons. The summed E-state index contributed by atoms with van der Waals surface area (Å²) < 4.78 is 70.8. The number of halogens is 1. The van der Waals surface area contributed by atoms with Crippen molar-refractivity contribution in [1.82, 2.24) is 5.32 Å². The van der Waals surface area contributed by atoms with Crippen molar-refractivity contribution in [1.29, 1.82) is 0 Å². The number of rotatable bonds is 18. The van der Waals surface area contributed by atoms with Crippen molar-refractivity contribution in [2.24, 2.45) is 0 Å². The molecule has 22 heteroatoms. The van der Waals surface area contributed by atoms with Crippen molar-refractivity contribution >= 4 is 33.9 Å². The molecule has 20 nitrogen and oxygen atoms in total. The van der Waals surface area contributed by atoms with Gasteiger partial charge in [0.2, 0.25) is 5.91 Å². The number of hydrogen-bond acceptors (Lipinski definition) is 18. The SMILES string of the molecule is COC(=O)CCCCCCCC[C@@]1(O)O[C@H](CCl)[C@@H](O[C@@H]2O[C@H](CO)[C@H](O)[C@H](OS(=O)(=O)O)[C@H]2O)[C@H](O[C@@H]2O[C@@H](C)[C@@H](O)[C@@H](O)[C@@H]2O)[C@H]1NC(C)=O. The van der Waals surface area contributed by atoms with E-state index in [1.807, 2.05) is 0 Å². The van der Waals surface area contributed by atoms with Gasteiger partial charge in [-0.1, -0.05) is 25.7 Å². The first kappa shape index (κ1) is 45.0. The van der Waals surface area contributed by atoms with Crippen LogP contribution in [-0.2, 0) is 52.6 Å². The van der Waals surface area contributed by atoms with Gasteiger partial charge in [0, 0.05) is 19.8 Å². The third-order valence-electron chi connectivity index (χ3n) is 9.21. The minimum absolute atomic E-state index is 0.114. The van der Waals surface area contributed by atoms with E-state index in [1.54, 1.807) is 0 Å². The van der Waals surface area contributed by atoms with Crippen LogP contribution in [0.5, 0.6) is 0 Å². The Morgan fingerprint density at radius 3 is 2.00 bits per heavy atom. The van der Waals surface area contributed by atoms with Gasteiger partial charge in [-0.3, -0.25) is 14.1 Å². The van der Waals surface area contributed by atoms with Gasteiger partial charge in [-0.15, -0.1) is 11.6 Å². The number of ether oxygens (including phenoxy) is 6. The molecule has 0 unspecified atom stereocenters. The van der Waals surface area contributed by atoms with Crippen LogP contribution in [0.25, 0.3) is 0 Å². The molecule has 3 rings (SSSR count). The number of esters is 1. The summed E-state index contributed by atoms with van der Waals surface area (Å²) in [6.45, 7) is 1.56. The van der Waals surface area contributed by atoms with E-state index in [0.717, 1.165) is 19.8 Å². The molecule has 0 saturated carbocycles. The lowest BCUT2D eigenvalue weighted by atomic mass is 9.86. The highest BCUT2D eigenvalue weighted by Gasteiger charge is 2.59. The van der Waals surface area contributed by atoms with Crippen LogP contribution < -0.4 is 5.32 Å². The quantitative estimate of drug-likeness (QED) is 0.0296. The maximum Gasteiger partial charge on any atom is 0.397 e. The van der Waals surface area contributed by atoms with Crippen LogP contribution in [0.3, 0.4) is 0 Å². The van der Waals surface area contributed by atoms with Gasteiger partial charge in [0.15, 0.2) is 18.4 Å². The van der Waals surface area contributed by atoms with E-state index in [0.29, 0.717) is 32.1 Å². The van der Waals surface area contributed by atoms with Gasteiger partial charge in [0.25, 0.3) is 0 Å². The van der Waals surface area contributed by atoms with E-state index in [-0.39, 0.29) is 12.4 Å². The number of aliphatic hydroxyl groups excluding tert-OH is 6. The lowest BCUT2D eigenvalue weighted by Crippen LogP contribution is -2.73.